The minimum absolute atomic E-state index is 0.0680. The number of carbonyl (C=O) groups is 1. The van der Waals surface area contributed by atoms with E-state index in [1.54, 1.807) is 31.4 Å². The summed E-state index contributed by atoms with van der Waals surface area (Å²) in [5, 5.41) is 1.23. The first-order valence-corrected chi connectivity index (χ1v) is 7.51. The number of fused-ring (bicyclic) bond motifs is 1. The number of ether oxygens (including phenoxy) is 2. The fourth-order valence-electron chi connectivity index (χ4n) is 2.56. The molecule has 5 nitrogen and oxygen atoms in total. The first-order valence-electron chi connectivity index (χ1n) is 7.51. The van der Waals surface area contributed by atoms with Crippen molar-refractivity contribution in [3.8, 4) is 5.75 Å². The van der Waals surface area contributed by atoms with Crippen LogP contribution in [0.4, 0.5) is 0 Å². The Morgan fingerprint density at radius 1 is 1.12 bits per heavy atom. The van der Waals surface area contributed by atoms with Crippen LogP contribution in [0, 0.1) is 6.92 Å². The van der Waals surface area contributed by atoms with Crippen molar-refractivity contribution in [1.82, 2.24) is 4.98 Å². The highest BCUT2D eigenvalue weighted by atomic mass is 16.5. The number of H-pyrrole nitrogens is 1. The van der Waals surface area contributed by atoms with Gasteiger partial charge in [0.1, 0.15) is 18.1 Å². The van der Waals surface area contributed by atoms with Crippen molar-refractivity contribution in [2.45, 2.75) is 13.5 Å². The van der Waals surface area contributed by atoms with Crippen molar-refractivity contribution in [1.29, 1.82) is 0 Å². The number of pyridine rings is 1. The van der Waals surface area contributed by atoms with E-state index in [4.69, 9.17) is 9.47 Å². The minimum Gasteiger partial charge on any atom is -0.496 e. The number of hydrogen-bond donors (Lipinski definition) is 1. The van der Waals surface area contributed by atoms with E-state index in [9.17, 15) is 9.59 Å². The summed E-state index contributed by atoms with van der Waals surface area (Å²) in [6.45, 7) is 2.02. The maximum Gasteiger partial charge on any atom is 0.355 e. The zero-order valence-electron chi connectivity index (χ0n) is 13.5. The van der Waals surface area contributed by atoms with Crippen LogP contribution in [0.2, 0.25) is 0 Å². The lowest BCUT2D eigenvalue weighted by Crippen LogP contribution is -2.15. The SMILES string of the molecule is COc1ccc(C)cc1COC(=O)c1cc2ccccc2c(=O)[nH]1. The molecule has 0 unspecified atom stereocenters. The van der Waals surface area contributed by atoms with E-state index in [0.29, 0.717) is 16.5 Å². The van der Waals surface area contributed by atoms with Gasteiger partial charge in [0.2, 0.25) is 0 Å². The zero-order chi connectivity index (χ0) is 17.1. The molecule has 0 radical (unpaired) electrons. The molecule has 0 saturated carbocycles. The second kappa shape index (κ2) is 6.58. The predicted molar refractivity (Wildman–Crippen MR) is 91.4 cm³/mol. The monoisotopic (exact) mass is 323 g/mol. The molecule has 0 spiro atoms. The number of carbonyl (C=O) groups excluding carboxylic acids is 1. The Balaban J connectivity index is 1.83. The van der Waals surface area contributed by atoms with Crippen LogP contribution in [-0.2, 0) is 11.3 Å². The van der Waals surface area contributed by atoms with Gasteiger partial charge in [-0.3, -0.25) is 4.79 Å². The molecule has 1 aromatic heterocycles. The van der Waals surface area contributed by atoms with Crippen LogP contribution in [0.1, 0.15) is 21.6 Å². The Kier molecular flexibility index (Phi) is 4.33. The molecule has 1 N–H and O–H groups in total. The number of hydrogen-bond acceptors (Lipinski definition) is 4. The first kappa shape index (κ1) is 15.8. The van der Waals surface area contributed by atoms with Gasteiger partial charge in [0.15, 0.2) is 0 Å². The number of aryl methyl sites for hydroxylation is 1. The van der Waals surface area contributed by atoms with Gasteiger partial charge in [0, 0.05) is 10.9 Å². The van der Waals surface area contributed by atoms with Gasteiger partial charge in [0.25, 0.3) is 5.56 Å². The number of rotatable bonds is 4. The summed E-state index contributed by atoms with van der Waals surface area (Å²) in [5.41, 5.74) is 1.63. The van der Waals surface area contributed by atoms with Gasteiger partial charge in [0.05, 0.1) is 7.11 Å². The molecule has 3 aromatic rings. The fraction of sp³-hybridized carbons (Fsp3) is 0.158. The summed E-state index contributed by atoms with van der Waals surface area (Å²) in [5.74, 6) is 0.0711. The van der Waals surface area contributed by atoms with Crippen LogP contribution >= 0.6 is 0 Å². The Morgan fingerprint density at radius 2 is 1.92 bits per heavy atom. The minimum atomic E-state index is -0.582. The van der Waals surface area contributed by atoms with Crippen molar-refractivity contribution < 1.29 is 14.3 Å². The average molecular weight is 323 g/mol. The Labute approximate surface area is 138 Å². The highest BCUT2D eigenvalue weighted by Gasteiger charge is 2.12. The molecule has 2 aromatic carbocycles. The molecule has 122 valence electrons. The maximum atomic E-state index is 12.3. The largest absolute Gasteiger partial charge is 0.496 e. The van der Waals surface area contributed by atoms with Gasteiger partial charge < -0.3 is 14.5 Å². The highest BCUT2D eigenvalue weighted by molar-refractivity contribution is 5.92. The summed E-state index contributed by atoms with van der Waals surface area (Å²) < 4.78 is 10.6. The van der Waals surface area contributed by atoms with Crippen LogP contribution in [0.15, 0.2) is 53.3 Å². The average Bonchev–Trinajstić information content (AvgIpc) is 2.59. The maximum absolute atomic E-state index is 12.3. The first-order chi connectivity index (χ1) is 11.6. The van der Waals surface area contributed by atoms with Crippen molar-refractivity contribution in [3.63, 3.8) is 0 Å². The summed E-state index contributed by atoms with van der Waals surface area (Å²) in [4.78, 5) is 26.9. The molecule has 0 aliphatic heterocycles. The van der Waals surface area contributed by atoms with Gasteiger partial charge in [-0.25, -0.2) is 4.79 Å². The smallest absolute Gasteiger partial charge is 0.355 e. The summed E-state index contributed by atoms with van der Waals surface area (Å²) in [6.07, 6.45) is 0. The molecule has 0 aliphatic carbocycles. The van der Waals surface area contributed by atoms with Crippen LogP contribution in [0.25, 0.3) is 10.8 Å². The topological polar surface area (TPSA) is 68.4 Å². The molecule has 0 bridgehead atoms. The Bertz CT molecular complexity index is 959. The third-order valence-corrected chi connectivity index (χ3v) is 3.77. The molecule has 0 amide bonds. The standard InChI is InChI=1S/C19H17NO4/c1-12-7-8-17(23-2)14(9-12)11-24-19(22)16-10-13-5-3-4-6-15(13)18(21)20-16/h3-10H,11H2,1-2H3,(H,20,21). The molecule has 24 heavy (non-hydrogen) atoms. The van der Waals surface area contributed by atoms with E-state index in [2.05, 4.69) is 4.98 Å². The van der Waals surface area contributed by atoms with Gasteiger partial charge in [-0.1, -0.05) is 29.8 Å². The lowest BCUT2D eigenvalue weighted by molar-refractivity contribution is 0.0463. The molecular weight excluding hydrogens is 306 g/mol. The molecule has 0 fully saturated rings. The quantitative estimate of drug-likeness (QED) is 0.749. The summed E-state index contributed by atoms with van der Waals surface area (Å²) in [7, 11) is 1.57. The lowest BCUT2D eigenvalue weighted by Gasteiger charge is -2.10. The van der Waals surface area contributed by atoms with Gasteiger partial charge >= 0.3 is 5.97 Å². The van der Waals surface area contributed by atoms with Crippen LogP contribution < -0.4 is 10.3 Å². The van der Waals surface area contributed by atoms with E-state index >= 15 is 0 Å². The van der Waals surface area contributed by atoms with Crippen molar-refractivity contribution in [2.75, 3.05) is 7.11 Å². The number of aromatic amines is 1. The van der Waals surface area contributed by atoms with Gasteiger partial charge in [-0.2, -0.15) is 0 Å². The fourth-order valence-corrected chi connectivity index (χ4v) is 2.56. The van der Waals surface area contributed by atoms with Gasteiger partial charge in [-0.15, -0.1) is 0 Å². The van der Waals surface area contributed by atoms with E-state index in [1.165, 1.54) is 0 Å². The van der Waals surface area contributed by atoms with Crippen LogP contribution in [0.5, 0.6) is 5.75 Å². The molecule has 0 saturated heterocycles. The van der Waals surface area contributed by atoms with Crippen molar-refractivity contribution in [3.05, 3.63) is 75.7 Å². The molecular formula is C19H17NO4. The Hall–Kier alpha value is -3.08. The number of nitrogens with one attached hydrogen (secondary N) is 1. The van der Waals surface area contributed by atoms with E-state index in [1.807, 2.05) is 31.2 Å². The lowest BCUT2D eigenvalue weighted by atomic mass is 10.1. The van der Waals surface area contributed by atoms with Gasteiger partial charge in [-0.05, 0) is 36.6 Å². The highest BCUT2D eigenvalue weighted by Crippen LogP contribution is 2.21. The number of esters is 1. The van der Waals surface area contributed by atoms with E-state index < -0.39 is 5.97 Å². The zero-order valence-corrected chi connectivity index (χ0v) is 13.5. The molecule has 1 heterocycles. The second-order valence-electron chi connectivity index (χ2n) is 5.49. The molecule has 0 atom stereocenters. The molecule has 3 rings (SSSR count). The van der Waals surface area contributed by atoms with Crippen molar-refractivity contribution in [2.24, 2.45) is 0 Å². The summed E-state index contributed by atoms with van der Waals surface area (Å²) in [6, 6.07) is 14.4. The number of methoxy groups -OCH3 is 1. The molecule has 0 aliphatic rings. The van der Waals surface area contributed by atoms with Crippen LogP contribution in [-0.4, -0.2) is 18.1 Å². The van der Waals surface area contributed by atoms with E-state index in [-0.39, 0.29) is 17.9 Å². The predicted octanol–water partition coefficient (Wildman–Crippen LogP) is 3.20. The van der Waals surface area contributed by atoms with Crippen molar-refractivity contribution >= 4 is 16.7 Å². The normalized spacial score (nSPS) is 10.6. The third kappa shape index (κ3) is 3.15. The number of benzene rings is 2. The third-order valence-electron chi connectivity index (χ3n) is 3.77. The van der Waals surface area contributed by atoms with E-state index in [0.717, 1.165) is 11.1 Å². The number of aromatic nitrogens is 1. The van der Waals surface area contributed by atoms with Crippen LogP contribution in [0.3, 0.4) is 0 Å². The molecule has 5 heteroatoms. The second-order valence-corrected chi connectivity index (χ2v) is 5.49. The Morgan fingerprint density at radius 3 is 2.71 bits per heavy atom. The summed E-state index contributed by atoms with van der Waals surface area (Å²) >= 11 is 0.